The summed E-state index contributed by atoms with van der Waals surface area (Å²) in [6.45, 7) is 0. The van der Waals surface area contributed by atoms with E-state index in [1.54, 1.807) is 0 Å². The molecule has 48 heavy (non-hydrogen) atoms. The first-order chi connectivity index (χ1) is 23.8. The molecular weight excluding hydrogens is 583 g/mol. The van der Waals surface area contributed by atoms with E-state index in [1.165, 1.54) is 33.4 Å². The number of benzene rings is 8. The maximum Gasteiger partial charge on any atom is 0.135 e. The number of hydrogen-bond donors (Lipinski definition) is 0. The van der Waals surface area contributed by atoms with Crippen LogP contribution in [-0.4, -0.2) is 0 Å². The Balaban J connectivity index is 1.27. The Morgan fingerprint density at radius 3 is 1.42 bits per heavy atom. The molecule has 0 radical (unpaired) electrons. The van der Waals surface area contributed by atoms with Gasteiger partial charge in [-0.05, 0) is 87.3 Å². The van der Waals surface area contributed by atoms with Crippen LogP contribution in [0.1, 0.15) is 0 Å². The molecule has 2 nitrogen and oxygen atoms in total. The monoisotopic (exact) mass is 613 g/mol. The van der Waals surface area contributed by atoms with Crippen LogP contribution < -0.4 is 9.64 Å². The molecule has 0 bridgehead atoms. The largest absolute Gasteiger partial charge is 0.456 e. The minimum atomic E-state index is 0.862. The SMILES string of the molecule is c1ccc(-c2ccc(N(c3ccc(-c4ccccc4)cc3)c3ccc4cccc5c4c3-c3cc(-c4ccccc4)ccc3O5)cc2)cc1. The fourth-order valence-electron chi connectivity index (χ4n) is 6.92. The van der Waals surface area contributed by atoms with Crippen LogP contribution in [0, 0.1) is 0 Å². The van der Waals surface area contributed by atoms with Crippen molar-refractivity contribution >= 4 is 27.8 Å². The van der Waals surface area contributed by atoms with Gasteiger partial charge >= 0.3 is 0 Å². The number of fused-ring (bicyclic) bond motifs is 2. The highest BCUT2D eigenvalue weighted by molar-refractivity contribution is 6.11. The molecule has 8 aromatic rings. The highest BCUT2D eigenvalue weighted by Gasteiger charge is 2.27. The topological polar surface area (TPSA) is 12.5 Å². The molecule has 0 aromatic heterocycles. The summed E-state index contributed by atoms with van der Waals surface area (Å²) in [5.41, 5.74) is 12.6. The second-order valence-corrected chi connectivity index (χ2v) is 12.2. The second-order valence-electron chi connectivity index (χ2n) is 12.2. The van der Waals surface area contributed by atoms with E-state index >= 15 is 0 Å². The Morgan fingerprint density at radius 2 is 0.854 bits per heavy atom. The van der Waals surface area contributed by atoms with Gasteiger partial charge in [0.15, 0.2) is 0 Å². The summed E-state index contributed by atoms with van der Waals surface area (Å²) in [5.74, 6) is 1.74. The second kappa shape index (κ2) is 11.8. The minimum absolute atomic E-state index is 0.862. The third kappa shape index (κ3) is 4.92. The molecule has 0 fully saturated rings. The van der Waals surface area contributed by atoms with Crippen LogP contribution in [0.25, 0.3) is 55.3 Å². The quantitative estimate of drug-likeness (QED) is 0.185. The van der Waals surface area contributed by atoms with E-state index in [0.29, 0.717) is 0 Å². The molecule has 1 aliphatic rings. The zero-order valence-corrected chi connectivity index (χ0v) is 26.3. The average molecular weight is 614 g/mol. The van der Waals surface area contributed by atoms with Crippen molar-refractivity contribution < 1.29 is 4.74 Å². The fourth-order valence-corrected chi connectivity index (χ4v) is 6.92. The maximum absolute atomic E-state index is 6.60. The van der Waals surface area contributed by atoms with Crippen molar-refractivity contribution in [2.24, 2.45) is 0 Å². The molecule has 226 valence electrons. The number of rotatable bonds is 6. The van der Waals surface area contributed by atoms with Gasteiger partial charge in [0, 0.05) is 27.9 Å². The van der Waals surface area contributed by atoms with E-state index in [-0.39, 0.29) is 0 Å². The Labute approximate surface area is 280 Å². The van der Waals surface area contributed by atoms with Crippen molar-refractivity contribution in [1.29, 1.82) is 0 Å². The predicted molar refractivity (Wildman–Crippen MR) is 200 cm³/mol. The van der Waals surface area contributed by atoms with Gasteiger partial charge in [-0.15, -0.1) is 0 Å². The number of hydrogen-bond acceptors (Lipinski definition) is 2. The normalized spacial score (nSPS) is 11.5. The lowest BCUT2D eigenvalue weighted by atomic mass is 9.90. The van der Waals surface area contributed by atoms with Gasteiger partial charge in [-0.1, -0.05) is 140 Å². The molecule has 1 aliphatic heterocycles. The van der Waals surface area contributed by atoms with Gasteiger partial charge in [-0.25, -0.2) is 0 Å². The molecule has 0 N–H and O–H groups in total. The fraction of sp³-hybridized carbons (Fsp3) is 0. The first-order valence-corrected chi connectivity index (χ1v) is 16.3. The van der Waals surface area contributed by atoms with Gasteiger partial charge in [0.05, 0.1) is 5.69 Å². The summed E-state index contributed by atoms with van der Waals surface area (Å²) in [7, 11) is 0. The summed E-state index contributed by atoms with van der Waals surface area (Å²) in [4.78, 5) is 2.39. The molecule has 0 unspecified atom stereocenters. The Hall–Kier alpha value is -6.38. The summed E-state index contributed by atoms with van der Waals surface area (Å²) in [6.07, 6.45) is 0. The smallest absolute Gasteiger partial charge is 0.135 e. The van der Waals surface area contributed by atoms with Crippen LogP contribution in [0.2, 0.25) is 0 Å². The first kappa shape index (κ1) is 27.9. The Morgan fingerprint density at radius 1 is 0.354 bits per heavy atom. The summed E-state index contributed by atoms with van der Waals surface area (Å²) in [5, 5.41) is 2.28. The lowest BCUT2D eigenvalue weighted by Crippen LogP contribution is -2.12. The molecule has 0 atom stereocenters. The average Bonchev–Trinajstić information content (AvgIpc) is 3.17. The lowest BCUT2D eigenvalue weighted by molar-refractivity contribution is 0.487. The molecule has 0 saturated heterocycles. The highest BCUT2D eigenvalue weighted by Crippen LogP contribution is 2.53. The Bertz CT molecular complexity index is 2300. The summed E-state index contributed by atoms with van der Waals surface area (Å²) >= 11 is 0. The third-order valence-corrected chi connectivity index (χ3v) is 9.27. The standard InChI is InChI=1S/C46H31NO/c1-4-11-32(12-5-1)35-19-25-39(26-20-35)47(40-27-21-36(22-28-40)33-13-6-2-7-14-33)42-29-23-37-17-10-18-44-45(37)46(42)41-31-38(24-30-43(41)48-44)34-15-8-3-9-16-34/h1-31H. The zero-order chi connectivity index (χ0) is 31.9. The van der Waals surface area contributed by atoms with E-state index in [1.807, 2.05) is 0 Å². The zero-order valence-electron chi connectivity index (χ0n) is 26.3. The van der Waals surface area contributed by atoms with Gasteiger partial charge in [-0.3, -0.25) is 0 Å². The Kier molecular flexibility index (Phi) is 6.84. The predicted octanol–water partition coefficient (Wildman–Crippen LogP) is 13.1. The van der Waals surface area contributed by atoms with Gasteiger partial charge in [0.25, 0.3) is 0 Å². The van der Waals surface area contributed by atoms with Gasteiger partial charge in [0.2, 0.25) is 0 Å². The lowest BCUT2D eigenvalue weighted by Gasteiger charge is -2.31. The molecule has 0 amide bonds. The number of anilines is 3. The molecule has 9 rings (SSSR count). The van der Waals surface area contributed by atoms with E-state index in [2.05, 4.69) is 193 Å². The van der Waals surface area contributed by atoms with Crippen molar-refractivity contribution in [1.82, 2.24) is 0 Å². The molecule has 8 aromatic carbocycles. The van der Waals surface area contributed by atoms with Crippen molar-refractivity contribution in [2.45, 2.75) is 0 Å². The van der Waals surface area contributed by atoms with Crippen molar-refractivity contribution in [2.75, 3.05) is 4.90 Å². The molecule has 0 saturated carbocycles. The van der Waals surface area contributed by atoms with Crippen LogP contribution in [0.3, 0.4) is 0 Å². The number of ether oxygens (including phenoxy) is 1. The molecule has 0 aliphatic carbocycles. The van der Waals surface area contributed by atoms with Crippen LogP contribution in [0.5, 0.6) is 11.5 Å². The molecule has 2 heteroatoms. The van der Waals surface area contributed by atoms with Crippen LogP contribution >= 0.6 is 0 Å². The van der Waals surface area contributed by atoms with Crippen LogP contribution in [-0.2, 0) is 0 Å². The first-order valence-electron chi connectivity index (χ1n) is 16.3. The van der Waals surface area contributed by atoms with Crippen molar-refractivity contribution in [3.05, 3.63) is 188 Å². The molecule has 1 heterocycles. The van der Waals surface area contributed by atoms with Crippen molar-refractivity contribution in [3.8, 4) is 56.0 Å². The summed E-state index contributed by atoms with van der Waals surface area (Å²) in [6, 6.07) is 66.9. The third-order valence-electron chi connectivity index (χ3n) is 9.27. The van der Waals surface area contributed by atoms with Gasteiger partial charge < -0.3 is 9.64 Å². The van der Waals surface area contributed by atoms with Crippen LogP contribution in [0.4, 0.5) is 17.1 Å². The van der Waals surface area contributed by atoms with E-state index in [4.69, 9.17) is 4.74 Å². The molecule has 0 spiro atoms. The van der Waals surface area contributed by atoms with Crippen LogP contribution in [0.15, 0.2) is 188 Å². The summed E-state index contributed by atoms with van der Waals surface area (Å²) < 4.78 is 6.60. The van der Waals surface area contributed by atoms with E-state index < -0.39 is 0 Å². The number of nitrogens with zero attached hydrogens (tertiary/aromatic N) is 1. The molecular formula is C46H31NO. The van der Waals surface area contributed by atoms with E-state index in [0.717, 1.165) is 50.5 Å². The van der Waals surface area contributed by atoms with Crippen molar-refractivity contribution in [3.63, 3.8) is 0 Å². The maximum atomic E-state index is 6.60. The van der Waals surface area contributed by atoms with E-state index in [9.17, 15) is 0 Å². The van der Waals surface area contributed by atoms with Gasteiger partial charge in [0.1, 0.15) is 11.5 Å². The highest BCUT2D eigenvalue weighted by atomic mass is 16.5. The van der Waals surface area contributed by atoms with Gasteiger partial charge in [-0.2, -0.15) is 0 Å². The minimum Gasteiger partial charge on any atom is -0.456 e.